The average Bonchev–Trinajstić information content (AvgIpc) is 3.27. The van der Waals surface area contributed by atoms with Crippen molar-refractivity contribution in [3.05, 3.63) is 54.1 Å². The summed E-state index contributed by atoms with van der Waals surface area (Å²) in [6.07, 6.45) is 2.72. The standard InChI is InChI=1S/C27H30IN5/c1-18-17-32(2)12-13-33(18)27-22-8-4-3-6-20(22)15-25(29-27)26-23-14-19(9-10-24(23)30-31-26)21-7-5-11-28-16-21/h3-4,6,8-10,14-15,18,21H,2,5,7,11-13,16-17H2,1H3,(H,30,31)/t18-,21?/m0/s1. The number of aromatic amines is 1. The maximum absolute atomic E-state index is 5.24. The molecule has 0 radical (unpaired) electrons. The molecule has 5 nitrogen and oxygen atoms in total. The van der Waals surface area contributed by atoms with Crippen molar-refractivity contribution in [3.63, 3.8) is 0 Å². The molecule has 4 heterocycles. The average molecular weight is 551 g/mol. The zero-order valence-electron chi connectivity index (χ0n) is 19.1. The van der Waals surface area contributed by atoms with E-state index in [9.17, 15) is 0 Å². The van der Waals surface area contributed by atoms with Crippen LogP contribution >= 0.6 is 0 Å². The predicted octanol–water partition coefficient (Wildman–Crippen LogP) is 1.67. The number of hydrogen-bond donors (Lipinski definition) is 1. The second-order valence-corrected chi connectivity index (χ2v) is 12.5. The fourth-order valence-electron chi connectivity index (χ4n) is 5.31. The molecule has 4 aromatic rings. The summed E-state index contributed by atoms with van der Waals surface area (Å²) in [5.41, 5.74) is 4.49. The summed E-state index contributed by atoms with van der Waals surface area (Å²) < 4.78 is 5.05. The topological polar surface area (TPSA) is 47.8 Å². The van der Waals surface area contributed by atoms with Crippen molar-refractivity contribution in [2.24, 2.45) is 0 Å². The molecule has 2 atom stereocenters. The van der Waals surface area contributed by atoms with Gasteiger partial charge < -0.3 is 0 Å². The predicted molar refractivity (Wildman–Crippen MR) is 132 cm³/mol. The Morgan fingerprint density at radius 2 is 2.06 bits per heavy atom. The summed E-state index contributed by atoms with van der Waals surface area (Å²) >= 11 is 0.374. The number of benzene rings is 2. The van der Waals surface area contributed by atoms with E-state index in [2.05, 4.69) is 76.7 Å². The van der Waals surface area contributed by atoms with Crippen LogP contribution in [0, 0.1) is 0 Å². The molecule has 0 spiro atoms. The summed E-state index contributed by atoms with van der Waals surface area (Å²) in [4.78, 5) is 7.69. The molecule has 2 aliphatic heterocycles. The van der Waals surface area contributed by atoms with Gasteiger partial charge in [0.05, 0.1) is 0 Å². The summed E-state index contributed by atoms with van der Waals surface area (Å²) in [7, 11) is 0. The second-order valence-electron chi connectivity index (χ2n) is 9.42. The molecule has 2 aliphatic rings. The van der Waals surface area contributed by atoms with Crippen LogP contribution in [0.1, 0.15) is 31.2 Å². The monoisotopic (exact) mass is 551 g/mol. The molecule has 2 fully saturated rings. The third-order valence-electron chi connectivity index (χ3n) is 7.12. The van der Waals surface area contributed by atoms with Crippen LogP contribution < -0.4 is 26.1 Å². The summed E-state index contributed by atoms with van der Waals surface area (Å²) in [6, 6.07) is 18.1. The minimum absolute atomic E-state index is 0.361. The molecular weight excluding hydrogens is 521 g/mol. The summed E-state index contributed by atoms with van der Waals surface area (Å²) in [5.74, 6) is 1.78. The van der Waals surface area contributed by atoms with Gasteiger partial charge in [-0.3, -0.25) is 0 Å². The molecule has 1 N–H and O–H groups in total. The Kier molecular flexibility index (Phi) is 5.56. The van der Waals surface area contributed by atoms with Crippen molar-refractivity contribution in [1.82, 2.24) is 15.2 Å². The van der Waals surface area contributed by atoms with E-state index < -0.39 is 0 Å². The number of rotatable bonds is 3. The van der Waals surface area contributed by atoms with Gasteiger partial charge in [-0.25, -0.2) is 4.58 Å². The van der Waals surface area contributed by atoms with Crippen LogP contribution in [0.2, 0.25) is 0 Å². The number of nitrogens with one attached hydrogen (secondary N) is 1. The zero-order chi connectivity index (χ0) is 22.4. The number of aromatic nitrogens is 3. The normalized spacial score (nSPS) is 22.0. The van der Waals surface area contributed by atoms with Gasteiger partial charge in [-0.2, -0.15) is 0 Å². The molecule has 2 saturated heterocycles. The molecule has 33 heavy (non-hydrogen) atoms. The van der Waals surface area contributed by atoms with Crippen LogP contribution in [-0.2, 0) is 0 Å². The quantitative estimate of drug-likeness (QED) is 0.240. The molecule has 0 aliphatic carbocycles. The van der Waals surface area contributed by atoms with E-state index in [1.165, 1.54) is 43.4 Å². The third kappa shape index (κ3) is 3.92. The van der Waals surface area contributed by atoms with E-state index in [1.54, 1.807) is 0 Å². The van der Waals surface area contributed by atoms with Gasteiger partial charge in [-0.15, -0.1) is 0 Å². The fraction of sp³-hybridized carbons (Fsp3) is 0.370. The van der Waals surface area contributed by atoms with E-state index in [0.29, 0.717) is 27.2 Å². The molecule has 1 unspecified atom stereocenters. The SMILES string of the molecule is C=[N+]1CCN(c2nc(-c3n[nH]c4ccc(C5CCC[I-]C5)cc34)cc3ccccc23)[C@@H](C)C1. The van der Waals surface area contributed by atoms with Gasteiger partial charge >= 0.3 is 194 Å². The van der Waals surface area contributed by atoms with Gasteiger partial charge in [-0.1, -0.05) is 0 Å². The Morgan fingerprint density at radius 1 is 1.15 bits per heavy atom. The molecule has 0 amide bonds. The third-order valence-corrected chi connectivity index (χ3v) is 10.3. The summed E-state index contributed by atoms with van der Waals surface area (Å²) in [6.45, 7) is 9.24. The maximum atomic E-state index is 5.24. The number of alkyl halides is 2. The molecule has 170 valence electrons. The number of pyridine rings is 1. The van der Waals surface area contributed by atoms with Crippen LogP contribution in [0.4, 0.5) is 5.82 Å². The molecular formula is C27H30IN5. The van der Waals surface area contributed by atoms with Gasteiger partial charge in [-0.05, 0) is 0 Å². The zero-order valence-corrected chi connectivity index (χ0v) is 21.3. The number of nitrogens with zero attached hydrogens (tertiary/aromatic N) is 4. The Balaban J connectivity index is 1.48. The van der Waals surface area contributed by atoms with Gasteiger partial charge in [0.15, 0.2) is 0 Å². The first-order chi connectivity index (χ1) is 16.2. The Bertz CT molecular complexity index is 1340. The van der Waals surface area contributed by atoms with Gasteiger partial charge in [0.1, 0.15) is 6.72 Å². The van der Waals surface area contributed by atoms with Crippen LogP contribution in [0.5, 0.6) is 0 Å². The Morgan fingerprint density at radius 3 is 2.91 bits per heavy atom. The van der Waals surface area contributed by atoms with Crippen LogP contribution in [-0.4, -0.2) is 61.0 Å². The molecule has 0 bridgehead atoms. The minimum atomic E-state index is 0.361. The van der Waals surface area contributed by atoms with E-state index in [1.807, 2.05) is 0 Å². The van der Waals surface area contributed by atoms with E-state index in [0.717, 1.165) is 48.3 Å². The molecule has 2 aromatic heterocycles. The first-order valence-electron chi connectivity index (χ1n) is 11.9. The van der Waals surface area contributed by atoms with Gasteiger partial charge in [0.25, 0.3) is 0 Å². The van der Waals surface area contributed by atoms with Gasteiger partial charge in [0, 0.05) is 0 Å². The first kappa shape index (κ1) is 21.1. The van der Waals surface area contributed by atoms with Gasteiger partial charge in [0.2, 0.25) is 0 Å². The number of H-pyrrole nitrogens is 1. The Hall–Kier alpha value is -2.48. The molecule has 2 aromatic carbocycles. The second kappa shape index (κ2) is 8.70. The van der Waals surface area contributed by atoms with Crippen LogP contribution in [0.15, 0.2) is 48.5 Å². The van der Waals surface area contributed by atoms with Crippen molar-refractivity contribution >= 4 is 34.2 Å². The summed E-state index contributed by atoms with van der Waals surface area (Å²) in [5, 5.41) is 11.6. The van der Waals surface area contributed by atoms with E-state index in [-0.39, 0.29) is 0 Å². The van der Waals surface area contributed by atoms with E-state index >= 15 is 0 Å². The number of halogens is 1. The van der Waals surface area contributed by atoms with Crippen molar-refractivity contribution in [3.8, 4) is 11.4 Å². The van der Waals surface area contributed by atoms with Crippen molar-refractivity contribution in [2.75, 3.05) is 33.4 Å². The van der Waals surface area contributed by atoms with Crippen molar-refractivity contribution in [1.29, 1.82) is 0 Å². The number of piperazine rings is 1. The molecule has 6 rings (SSSR count). The molecule has 6 heteroatoms. The van der Waals surface area contributed by atoms with E-state index in [4.69, 9.17) is 10.1 Å². The van der Waals surface area contributed by atoms with Crippen molar-refractivity contribution in [2.45, 2.75) is 31.7 Å². The fourth-order valence-corrected chi connectivity index (χ4v) is 8.43. The van der Waals surface area contributed by atoms with Crippen LogP contribution in [0.25, 0.3) is 33.1 Å². The number of anilines is 1. The van der Waals surface area contributed by atoms with Crippen molar-refractivity contribution < 1.29 is 25.8 Å². The number of fused-ring (bicyclic) bond motifs is 2. The number of hydrogen-bond acceptors (Lipinski definition) is 3. The van der Waals surface area contributed by atoms with Crippen LogP contribution in [0.3, 0.4) is 0 Å². The Labute approximate surface area is 205 Å². The first-order valence-corrected chi connectivity index (χ1v) is 15.0. The molecule has 0 saturated carbocycles.